The summed E-state index contributed by atoms with van der Waals surface area (Å²) in [5.74, 6) is 2.07. The van der Waals surface area contributed by atoms with Crippen molar-refractivity contribution in [1.29, 1.82) is 0 Å². The molecule has 0 radical (unpaired) electrons. The van der Waals surface area contributed by atoms with Crippen LogP contribution >= 0.6 is 0 Å². The Bertz CT molecular complexity index is 732. The zero-order valence-electron chi connectivity index (χ0n) is 14.1. The number of cyclic esters (lactones) is 1. The van der Waals surface area contributed by atoms with Crippen LogP contribution in [0.5, 0.6) is 0 Å². The fourth-order valence-corrected chi connectivity index (χ4v) is 2.49. The van der Waals surface area contributed by atoms with E-state index in [0.717, 1.165) is 0 Å². The lowest BCUT2D eigenvalue weighted by atomic mass is 10.0. The second-order valence-electron chi connectivity index (χ2n) is 6.02. The van der Waals surface area contributed by atoms with Crippen LogP contribution in [0, 0.1) is 12.8 Å². The lowest BCUT2D eigenvalue weighted by molar-refractivity contribution is 0.177. The number of aryl methyl sites for hydroxylation is 1. The summed E-state index contributed by atoms with van der Waals surface area (Å²) >= 11 is 0. The van der Waals surface area contributed by atoms with Crippen LogP contribution in [-0.2, 0) is 4.74 Å². The van der Waals surface area contributed by atoms with Crippen molar-refractivity contribution in [2.75, 3.05) is 16.8 Å². The van der Waals surface area contributed by atoms with Gasteiger partial charge in [-0.05, 0) is 18.9 Å². The van der Waals surface area contributed by atoms with E-state index in [1.165, 1.54) is 0 Å². The fraction of sp³-hybridized carbons (Fsp3) is 0.533. The molecule has 0 aromatic carbocycles. The van der Waals surface area contributed by atoms with E-state index in [9.17, 15) is 4.79 Å². The Morgan fingerprint density at radius 1 is 1.33 bits per heavy atom. The van der Waals surface area contributed by atoms with Crippen molar-refractivity contribution in [1.82, 2.24) is 20.2 Å². The highest BCUT2D eigenvalue weighted by Crippen LogP contribution is 2.26. The molecule has 9 heteroatoms. The van der Waals surface area contributed by atoms with E-state index >= 15 is 0 Å². The Morgan fingerprint density at radius 2 is 2.12 bits per heavy atom. The van der Waals surface area contributed by atoms with Gasteiger partial charge in [0.25, 0.3) is 0 Å². The number of hydrogen-bond acceptors (Lipinski definition) is 8. The maximum atomic E-state index is 12.0. The Hall–Kier alpha value is -2.71. The van der Waals surface area contributed by atoms with Crippen LogP contribution in [-0.4, -0.2) is 38.9 Å². The van der Waals surface area contributed by atoms with Gasteiger partial charge in [-0.2, -0.15) is 4.98 Å². The Balaban J connectivity index is 1.80. The van der Waals surface area contributed by atoms with Gasteiger partial charge in [0.1, 0.15) is 18.5 Å². The van der Waals surface area contributed by atoms with Gasteiger partial charge in [-0.15, -0.1) is 10.2 Å². The lowest BCUT2D eigenvalue weighted by Crippen LogP contribution is -2.37. The quantitative estimate of drug-likeness (QED) is 0.889. The van der Waals surface area contributed by atoms with E-state index in [1.807, 2.05) is 20.8 Å². The first kappa shape index (κ1) is 16.2. The van der Waals surface area contributed by atoms with E-state index in [1.54, 1.807) is 24.1 Å². The third kappa shape index (κ3) is 3.15. The van der Waals surface area contributed by atoms with Crippen molar-refractivity contribution in [2.24, 2.45) is 5.92 Å². The smallest absolute Gasteiger partial charge is 0.415 e. The third-order valence-corrected chi connectivity index (χ3v) is 3.82. The first-order chi connectivity index (χ1) is 11.5. The number of nitrogens with one attached hydrogen (secondary N) is 1. The summed E-state index contributed by atoms with van der Waals surface area (Å²) in [6.07, 6.45) is 1.21. The van der Waals surface area contributed by atoms with Gasteiger partial charge in [0, 0.05) is 13.1 Å². The number of aromatic nitrogens is 4. The highest BCUT2D eigenvalue weighted by Gasteiger charge is 2.37. The van der Waals surface area contributed by atoms with E-state index in [2.05, 4.69) is 25.5 Å². The van der Waals surface area contributed by atoms with Crippen LogP contribution in [0.2, 0.25) is 0 Å². The Kier molecular flexibility index (Phi) is 4.32. The van der Waals surface area contributed by atoms with E-state index in [4.69, 9.17) is 9.15 Å². The summed E-state index contributed by atoms with van der Waals surface area (Å²) < 4.78 is 10.5. The molecular weight excluding hydrogens is 312 g/mol. The van der Waals surface area contributed by atoms with Crippen molar-refractivity contribution in [2.45, 2.75) is 39.8 Å². The molecule has 1 N–H and O–H groups in total. The minimum atomic E-state index is -0.390. The Labute approximate surface area is 139 Å². The molecule has 1 saturated heterocycles. The number of ether oxygens (including phenoxy) is 1. The molecule has 3 heterocycles. The van der Waals surface area contributed by atoms with Crippen molar-refractivity contribution in [3.63, 3.8) is 0 Å². The summed E-state index contributed by atoms with van der Waals surface area (Å²) in [7, 11) is 0. The molecule has 24 heavy (non-hydrogen) atoms. The molecule has 0 aliphatic carbocycles. The van der Waals surface area contributed by atoms with Gasteiger partial charge in [-0.3, -0.25) is 4.90 Å². The highest BCUT2D eigenvalue weighted by atomic mass is 16.6. The molecule has 0 unspecified atom stereocenters. The average molecular weight is 332 g/mol. The standard InChI is InChI=1S/C15H20N6O3/c1-8(2)11-7-23-15(22)21(11)12-5-6-16-14(18-12)17-9(3)13-20-19-10(4)24-13/h5-6,8-9,11H,7H2,1-4H3,(H,16,17,18)/t9-,11+/m0/s1. The molecule has 0 bridgehead atoms. The number of carbonyl (C=O) groups is 1. The molecule has 1 amide bonds. The monoisotopic (exact) mass is 332 g/mol. The summed E-state index contributed by atoms with van der Waals surface area (Å²) in [6, 6.07) is 1.39. The van der Waals surface area contributed by atoms with E-state index < -0.39 is 0 Å². The van der Waals surface area contributed by atoms with Gasteiger partial charge in [0.05, 0.1) is 6.04 Å². The SMILES string of the molecule is Cc1nnc([C@H](C)Nc2nccc(N3C(=O)OC[C@@H]3C(C)C)n2)o1. The number of hydrogen-bond donors (Lipinski definition) is 1. The van der Waals surface area contributed by atoms with E-state index in [-0.39, 0.29) is 24.1 Å². The number of rotatable bonds is 5. The zero-order valence-corrected chi connectivity index (χ0v) is 14.1. The molecule has 2 atom stereocenters. The minimum absolute atomic E-state index is 0.0451. The van der Waals surface area contributed by atoms with Gasteiger partial charge in [-0.25, -0.2) is 9.78 Å². The van der Waals surface area contributed by atoms with Gasteiger partial charge in [0.2, 0.25) is 17.7 Å². The molecule has 1 fully saturated rings. The van der Waals surface area contributed by atoms with Crippen LogP contribution in [0.3, 0.4) is 0 Å². The molecule has 0 spiro atoms. The van der Waals surface area contributed by atoms with Gasteiger partial charge >= 0.3 is 6.09 Å². The molecule has 9 nitrogen and oxygen atoms in total. The van der Waals surface area contributed by atoms with Crippen LogP contribution in [0.1, 0.15) is 38.6 Å². The van der Waals surface area contributed by atoms with Crippen LogP contribution in [0.4, 0.5) is 16.6 Å². The van der Waals surface area contributed by atoms with Crippen LogP contribution in [0.15, 0.2) is 16.7 Å². The number of amides is 1. The topological polar surface area (TPSA) is 106 Å². The molecule has 1 aliphatic rings. The normalized spacial score (nSPS) is 18.8. The second kappa shape index (κ2) is 6.42. The van der Waals surface area contributed by atoms with Crippen molar-refractivity contribution in [3.8, 4) is 0 Å². The molecule has 2 aromatic rings. The summed E-state index contributed by atoms with van der Waals surface area (Å²) in [4.78, 5) is 22.2. The maximum Gasteiger partial charge on any atom is 0.415 e. The molecule has 2 aromatic heterocycles. The fourth-order valence-electron chi connectivity index (χ4n) is 2.49. The second-order valence-corrected chi connectivity index (χ2v) is 6.02. The summed E-state index contributed by atoms with van der Waals surface area (Å²) in [5, 5.41) is 10.9. The van der Waals surface area contributed by atoms with Crippen LogP contribution in [0.25, 0.3) is 0 Å². The highest BCUT2D eigenvalue weighted by molar-refractivity contribution is 5.89. The first-order valence-corrected chi connectivity index (χ1v) is 7.81. The van der Waals surface area contributed by atoms with Crippen molar-refractivity contribution in [3.05, 3.63) is 24.0 Å². The van der Waals surface area contributed by atoms with E-state index in [0.29, 0.717) is 30.2 Å². The molecule has 1 aliphatic heterocycles. The van der Waals surface area contributed by atoms with Crippen LogP contribution < -0.4 is 10.2 Å². The summed E-state index contributed by atoms with van der Waals surface area (Å²) in [5.41, 5.74) is 0. The third-order valence-electron chi connectivity index (χ3n) is 3.82. The number of anilines is 2. The Morgan fingerprint density at radius 3 is 2.79 bits per heavy atom. The van der Waals surface area contributed by atoms with Gasteiger partial charge in [-0.1, -0.05) is 13.8 Å². The molecule has 3 rings (SSSR count). The number of nitrogens with zero attached hydrogens (tertiary/aromatic N) is 5. The maximum absolute atomic E-state index is 12.0. The lowest BCUT2D eigenvalue weighted by Gasteiger charge is -2.23. The predicted octanol–water partition coefficient (Wildman–Crippen LogP) is 2.32. The first-order valence-electron chi connectivity index (χ1n) is 7.81. The number of carbonyl (C=O) groups excluding carboxylic acids is 1. The minimum Gasteiger partial charge on any atom is -0.447 e. The largest absolute Gasteiger partial charge is 0.447 e. The molecular formula is C15H20N6O3. The predicted molar refractivity (Wildman–Crippen MR) is 85.6 cm³/mol. The molecule has 0 saturated carbocycles. The van der Waals surface area contributed by atoms with Crippen molar-refractivity contribution >= 4 is 17.9 Å². The van der Waals surface area contributed by atoms with Gasteiger partial charge in [0.15, 0.2) is 0 Å². The van der Waals surface area contributed by atoms with Crippen molar-refractivity contribution < 1.29 is 13.9 Å². The summed E-state index contributed by atoms with van der Waals surface area (Å²) in [6.45, 7) is 8.04. The zero-order chi connectivity index (χ0) is 17.3. The average Bonchev–Trinajstić information content (AvgIpc) is 3.13. The van der Waals surface area contributed by atoms with Gasteiger partial charge < -0.3 is 14.5 Å². The molecule has 128 valence electrons.